The minimum absolute atomic E-state index is 0.854. The standard InChI is InChI=1S/C12H12IN3/c13-9-3-4-11-10(5-9)12(16-7-15-11)14-6-8-1-2-8/h3-5,7-8H,1-2,6H2,(H,14,15,16). The van der Waals surface area contributed by atoms with Gasteiger partial charge in [0.1, 0.15) is 12.1 Å². The Balaban J connectivity index is 1.97. The predicted molar refractivity (Wildman–Crippen MR) is 73.5 cm³/mol. The number of fused-ring (bicyclic) bond motifs is 1. The molecule has 1 aromatic carbocycles. The van der Waals surface area contributed by atoms with Crippen molar-refractivity contribution in [1.82, 2.24) is 9.97 Å². The first kappa shape index (κ1) is 10.3. The van der Waals surface area contributed by atoms with Crippen LogP contribution in [0.4, 0.5) is 5.82 Å². The van der Waals surface area contributed by atoms with E-state index in [9.17, 15) is 0 Å². The zero-order chi connectivity index (χ0) is 11.0. The van der Waals surface area contributed by atoms with E-state index in [4.69, 9.17) is 0 Å². The van der Waals surface area contributed by atoms with E-state index in [0.717, 1.165) is 29.2 Å². The Morgan fingerprint density at radius 2 is 2.19 bits per heavy atom. The minimum Gasteiger partial charge on any atom is -0.369 e. The van der Waals surface area contributed by atoms with Crippen LogP contribution < -0.4 is 5.32 Å². The summed E-state index contributed by atoms with van der Waals surface area (Å²) in [6.07, 6.45) is 4.34. The number of anilines is 1. The van der Waals surface area contributed by atoms with Gasteiger partial charge in [-0.2, -0.15) is 0 Å². The van der Waals surface area contributed by atoms with E-state index in [1.807, 2.05) is 6.07 Å². The van der Waals surface area contributed by atoms with Crippen molar-refractivity contribution in [3.63, 3.8) is 0 Å². The second-order valence-electron chi connectivity index (χ2n) is 4.21. The summed E-state index contributed by atoms with van der Waals surface area (Å²) in [4.78, 5) is 8.59. The molecule has 0 aliphatic heterocycles. The van der Waals surface area contributed by atoms with Gasteiger partial charge < -0.3 is 5.32 Å². The molecule has 0 spiro atoms. The molecule has 1 N–H and O–H groups in total. The van der Waals surface area contributed by atoms with E-state index in [0.29, 0.717) is 0 Å². The number of nitrogens with zero attached hydrogens (tertiary/aromatic N) is 2. The highest BCUT2D eigenvalue weighted by Gasteiger charge is 2.21. The topological polar surface area (TPSA) is 37.8 Å². The second kappa shape index (κ2) is 4.16. The summed E-state index contributed by atoms with van der Waals surface area (Å²) in [6, 6.07) is 6.24. The van der Waals surface area contributed by atoms with Gasteiger partial charge in [0.2, 0.25) is 0 Å². The highest BCUT2D eigenvalue weighted by atomic mass is 127. The van der Waals surface area contributed by atoms with Crippen LogP contribution in [0.5, 0.6) is 0 Å². The molecular formula is C12H12IN3. The van der Waals surface area contributed by atoms with Gasteiger partial charge in [-0.25, -0.2) is 9.97 Å². The molecular weight excluding hydrogens is 313 g/mol. The number of hydrogen-bond acceptors (Lipinski definition) is 3. The molecule has 1 fully saturated rings. The van der Waals surface area contributed by atoms with Crippen molar-refractivity contribution in [2.45, 2.75) is 12.8 Å². The van der Waals surface area contributed by atoms with Crippen molar-refractivity contribution in [1.29, 1.82) is 0 Å². The maximum Gasteiger partial charge on any atom is 0.137 e. The number of aromatic nitrogens is 2. The first-order valence-corrected chi connectivity index (χ1v) is 6.55. The fourth-order valence-electron chi connectivity index (χ4n) is 1.73. The maximum atomic E-state index is 4.32. The summed E-state index contributed by atoms with van der Waals surface area (Å²) in [5.41, 5.74) is 1.01. The number of halogens is 1. The second-order valence-corrected chi connectivity index (χ2v) is 5.45. The molecule has 0 saturated heterocycles. The molecule has 0 radical (unpaired) electrons. The lowest BCUT2D eigenvalue weighted by molar-refractivity contribution is 0.883. The first-order valence-electron chi connectivity index (χ1n) is 5.47. The predicted octanol–water partition coefficient (Wildman–Crippen LogP) is 3.06. The van der Waals surface area contributed by atoms with Crippen LogP contribution >= 0.6 is 22.6 Å². The minimum atomic E-state index is 0.854. The highest BCUT2D eigenvalue weighted by molar-refractivity contribution is 14.1. The Kier molecular flexibility index (Phi) is 2.67. The molecule has 1 heterocycles. The lowest BCUT2D eigenvalue weighted by Crippen LogP contribution is -2.05. The van der Waals surface area contributed by atoms with Crippen molar-refractivity contribution in [2.24, 2.45) is 5.92 Å². The lowest BCUT2D eigenvalue weighted by atomic mass is 10.2. The van der Waals surface area contributed by atoms with Gasteiger partial charge in [-0.3, -0.25) is 0 Å². The maximum absolute atomic E-state index is 4.32. The molecule has 3 nitrogen and oxygen atoms in total. The van der Waals surface area contributed by atoms with Gasteiger partial charge in [0.25, 0.3) is 0 Å². The summed E-state index contributed by atoms with van der Waals surface area (Å²) in [5.74, 6) is 1.82. The van der Waals surface area contributed by atoms with Crippen molar-refractivity contribution in [2.75, 3.05) is 11.9 Å². The van der Waals surface area contributed by atoms with Gasteiger partial charge in [0.05, 0.1) is 5.52 Å². The normalized spacial score (nSPS) is 15.3. The van der Waals surface area contributed by atoms with Crippen molar-refractivity contribution >= 4 is 39.3 Å². The number of hydrogen-bond donors (Lipinski definition) is 1. The summed E-state index contributed by atoms with van der Waals surface area (Å²) in [5, 5.41) is 4.54. The van der Waals surface area contributed by atoms with Crippen LogP contribution in [0.3, 0.4) is 0 Å². The lowest BCUT2D eigenvalue weighted by Gasteiger charge is -2.07. The SMILES string of the molecule is Ic1ccc2ncnc(NCC3CC3)c2c1. The van der Waals surface area contributed by atoms with Crippen LogP contribution in [0.1, 0.15) is 12.8 Å². The van der Waals surface area contributed by atoms with Gasteiger partial charge in [-0.1, -0.05) is 0 Å². The molecule has 4 heteroatoms. The summed E-state index contributed by atoms with van der Waals surface area (Å²) < 4.78 is 1.22. The van der Waals surface area contributed by atoms with E-state index in [1.54, 1.807) is 6.33 Å². The van der Waals surface area contributed by atoms with Gasteiger partial charge in [0, 0.05) is 15.5 Å². The molecule has 3 rings (SSSR count). The molecule has 0 unspecified atom stereocenters. The average Bonchev–Trinajstić information content (AvgIpc) is 3.10. The molecule has 2 aromatic rings. The molecule has 82 valence electrons. The molecule has 1 aliphatic rings. The zero-order valence-electron chi connectivity index (χ0n) is 8.78. The van der Waals surface area contributed by atoms with Gasteiger partial charge in [0.15, 0.2) is 0 Å². The van der Waals surface area contributed by atoms with E-state index < -0.39 is 0 Å². The molecule has 1 aromatic heterocycles. The fraction of sp³-hybridized carbons (Fsp3) is 0.333. The van der Waals surface area contributed by atoms with E-state index in [2.05, 4.69) is 50.0 Å². The molecule has 0 atom stereocenters. The van der Waals surface area contributed by atoms with Crippen LogP contribution in [-0.2, 0) is 0 Å². The molecule has 16 heavy (non-hydrogen) atoms. The molecule has 1 saturated carbocycles. The van der Waals surface area contributed by atoms with Gasteiger partial charge in [-0.05, 0) is 59.5 Å². The van der Waals surface area contributed by atoms with Crippen LogP contribution in [0, 0.1) is 9.49 Å². The first-order chi connectivity index (χ1) is 7.83. The Hall–Kier alpha value is -0.910. The molecule has 1 aliphatic carbocycles. The third-order valence-electron chi connectivity index (χ3n) is 2.85. The monoisotopic (exact) mass is 325 g/mol. The van der Waals surface area contributed by atoms with Crippen molar-refractivity contribution in [3.8, 4) is 0 Å². The smallest absolute Gasteiger partial charge is 0.137 e. The summed E-state index contributed by atoms with van der Waals surface area (Å²) in [6.45, 7) is 1.04. The average molecular weight is 325 g/mol. The van der Waals surface area contributed by atoms with E-state index >= 15 is 0 Å². The Labute approximate surface area is 108 Å². The van der Waals surface area contributed by atoms with E-state index in [-0.39, 0.29) is 0 Å². The van der Waals surface area contributed by atoms with Crippen LogP contribution in [0.15, 0.2) is 24.5 Å². The van der Waals surface area contributed by atoms with Crippen molar-refractivity contribution < 1.29 is 0 Å². The Morgan fingerprint density at radius 1 is 1.31 bits per heavy atom. The third kappa shape index (κ3) is 2.11. The highest BCUT2D eigenvalue weighted by Crippen LogP contribution is 2.29. The van der Waals surface area contributed by atoms with Crippen LogP contribution in [0.25, 0.3) is 10.9 Å². The number of rotatable bonds is 3. The van der Waals surface area contributed by atoms with Crippen molar-refractivity contribution in [3.05, 3.63) is 28.1 Å². The Morgan fingerprint density at radius 3 is 3.00 bits per heavy atom. The number of benzene rings is 1. The van der Waals surface area contributed by atoms with Crippen LogP contribution in [0.2, 0.25) is 0 Å². The molecule has 0 bridgehead atoms. The fourth-order valence-corrected chi connectivity index (χ4v) is 2.22. The third-order valence-corrected chi connectivity index (χ3v) is 3.52. The summed E-state index contributed by atoms with van der Waals surface area (Å²) in [7, 11) is 0. The Bertz CT molecular complexity index is 523. The number of nitrogens with one attached hydrogen (secondary N) is 1. The largest absolute Gasteiger partial charge is 0.369 e. The van der Waals surface area contributed by atoms with Crippen LogP contribution in [-0.4, -0.2) is 16.5 Å². The summed E-state index contributed by atoms with van der Waals surface area (Å²) >= 11 is 2.32. The van der Waals surface area contributed by atoms with E-state index in [1.165, 1.54) is 16.4 Å². The van der Waals surface area contributed by atoms with Gasteiger partial charge in [-0.15, -0.1) is 0 Å². The van der Waals surface area contributed by atoms with Gasteiger partial charge >= 0.3 is 0 Å². The molecule has 0 amide bonds. The zero-order valence-corrected chi connectivity index (χ0v) is 10.9. The quantitative estimate of drug-likeness (QED) is 0.882.